The molecule has 84 valence electrons. The molecule has 1 aromatic heterocycles. The molecule has 0 aliphatic carbocycles. The second-order valence-corrected chi connectivity index (χ2v) is 2.90. The third-order valence-corrected chi connectivity index (χ3v) is 1.94. The molecule has 0 aliphatic rings. The van der Waals surface area contributed by atoms with E-state index in [1.165, 1.54) is 0 Å². The van der Waals surface area contributed by atoms with Gasteiger partial charge in [-0.3, -0.25) is 9.48 Å². The van der Waals surface area contributed by atoms with E-state index >= 15 is 0 Å². The molecule has 1 rings (SSSR count). The number of carbonyl (C=O) groups is 1. The molecule has 1 aromatic rings. The van der Waals surface area contributed by atoms with Crippen molar-refractivity contribution in [2.24, 2.45) is 5.73 Å². The summed E-state index contributed by atoms with van der Waals surface area (Å²) in [6, 6.07) is 0. The van der Waals surface area contributed by atoms with Crippen LogP contribution in [0.3, 0.4) is 0 Å². The number of carbonyl (C=O) groups excluding carboxylic acids is 1. The summed E-state index contributed by atoms with van der Waals surface area (Å²) >= 11 is 0. The summed E-state index contributed by atoms with van der Waals surface area (Å²) in [5, 5.41) is 3.57. The summed E-state index contributed by atoms with van der Waals surface area (Å²) in [5.74, 6) is -0.747. The van der Waals surface area contributed by atoms with Crippen molar-refractivity contribution in [1.29, 1.82) is 0 Å². The number of hydrogen-bond donors (Lipinski definition) is 1. The second-order valence-electron chi connectivity index (χ2n) is 2.90. The van der Waals surface area contributed by atoms with E-state index in [9.17, 15) is 18.0 Å². The van der Waals surface area contributed by atoms with Crippen LogP contribution in [0.4, 0.5) is 13.2 Å². The number of aromatic nitrogens is 2. The van der Waals surface area contributed by atoms with Crippen LogP contribution in [0.25, 0.3) is 0 Å². The number of amides is 1. The molecule has 0 aromatic carbocycles. The molecule has 0 atom stereocenters. The van der Waals surface area contributed by atoms with Gasteiger partial charge in [0.1, 0.15) is 26.6 Å². The van der Waals surface area contributed by atoms with Crippen molar-refractivity contribution in [3.63, 3.8) is 0 Å². The molecule has 0 unspecified atom stereocenters. The first-order valence-electron chi connectivity index (χ1n) is 4.17. The summed E-state index contributed by atoms with van der Waals surface area (Å²) in [5.41, 5.74) is 4.42. The Bertz CT molecular complexity index is 364. The van der Waals surface area contributed by atoms with E-state index in [-0.39, 0.29) is 23.5 Å². The highest BCUT2D eigenvalue weighted by Gasteiger charge is 2.18. The van der Waals surface area contributed by atoms with E-state index in [0.717, 1.165) is 4.68 Å². The highest BCUT2D eigenvalue weighted by molar-refractivity contribution is 5.73. The third kappa shape index (κ3) is 2.28. The highest BCUT2D eigenvalue weighted by Crippen LogP contribution is 2.18. The zero-order valence-electron chi connectivity index (χ0n) is 7.84. The number of rotatable bonds is 5. The van der Waals surface area contributed by atoms with E-state index in [1.807, 2.05) is 0 Å². The first-order valence-corrected chi connectivity index (χ1v) is 4.17. The number of hydrogen-bond acceptors (Lipinski definition) is 2. The van der Waals surface area contributed by atoms with Crippen LogP contribution >= 0.6 is 0 Å². The number of nitrogens with zero attached hydrogens (tertiary/aromatic N) is 2. The van der Waals surface area contributed by atoms with Gasteiger partial charge in [0, 0.05) is 5.56 Å². The lowest BCUT2D eigenvalue weighted by Gasteiger charge is -2.01. The van der Waals surface area contributed by atoms with E-state index < -0.39 is 25.9 Å². The zero-order chi connectivity index (χ0) is 11.4. The van der Waals surface area contributed by atoms with Gasteiger partial charge in [0.25, 0.3) is 0 Å². The Kier molecular flexibility index (Phi) is 3.70. The smallest absolute Gasteiger partial charge is 0.239 e. The lowest BCUT2D eigenvalue weighted by molar-refractivity contribution is -0.118. The summed E-state index contributed by atoms with van der Waals surface area (Å²) < 4.78 is 38.3. The maximum atomic E-state index is 12.5. The average Bonchev–Trinajstić information content (AvgIpc) is 2.53. The Morgan fingerprint density at radius 1 is 1.27 bits per heavy atom. The molecule has 0 aliphatic heterocycles. The van der Waals surface area contributed by atoms with Crippen molar-refractivity contribution < 1.29 is 18.0 Å². The minimum Gasteiger partial charge on any atom is -0.368 e. The molecule has 0 saturated carbocycles. The van der Waals surface area contributed by atoms with Crippen molar-refractivity contribution in [2.75, 3.05) is 0 Å². The molecule has 2 N–H and O–H groups in total. The predicted molar refractivity (Wildman–Crippen MR) is 45.9 cm³/mol. The minimum atomic E-state index is -1.02. The van der Waals surface area contributed by atoms with E-state index in [0.29, 0.717) is 0 Å². The SMILES string of the molecule is NC(=O)Cn1nc(CF)c(CF)c1CF. The van der Waals surface area contributed by atoms with Crippen LogP contribution in [-0.2, 0) is 31.4 Å². The van der Waals surface area contributed by atoms with Crippen LogP contribution in [0.5, 0.6) is 0 Å². The quantitative estimate of drug-likeness (QED) is 0.798. The molecular weight excluding hydrogens is 211 g/mol. The highest BCUT2D eigenvalue weighted by atomic mass is 19.1. The fourth-order valence-electron chi connectivity index (χ4n) is 1.28. The third-order valence-electron chi connectivity index (χ3n) is 1.94. The van der Waals surface area contributed by atoms with Crippen molar-refractivity contribution in [3.05, 3.63) is 17.0 Å². The normalized spacial score (nSPS) is 10.6. The van der Waals surface area contributed by atoms with Crippen LogP contribution in [0.15, 0.2) is 0 Å². The molecule has 0 saturated heterocycles. The molecule has 15 heavy (non-hydrogen) atoms. The van der Waals surface area contributed by atoms with Crippen LogP contribution in [-0.4, -0.2) is 15.7 Å². The second kappa shape index (κ2) is 4.81. The maximum absolute atomic E-state index is 12.5. The molecule has 1 heterocycles. The average molecular weight is 221 g/mol. The van der Waals surface area contributed by atoms with Gasteiger partial charge in [-0.05, 0) is 0 Å². The van der Waals surface area contributed by atoms with Crippen LogP contribution in [0.2, 0.25) is 0 Å². The fraction of sp³-hybridized carbons (Fsp3) is 0.500. The standard InChI is InChI=1S/C8H10F3N3O/c9-1-5-6(2-10)13-14(4-8(12)15)7(5)3-11/h1-4H2,(H2,12,15). The Balaban J connectivity index is 3.14. The van der Waals surface area contributed by atoms with Crippen LogP contribution in [0, 0.1) is 0 Å². The summed E-state index contributed by atoms with van der Waals surface area (Å²) in [4.78, 5) is 10.6. The van der Waals surface area contributed by atoms with Gasteiger partial charge in [-0.15, -0.1) is 0 Å². The molecule has 1 amide bonds. The Labute approximate surface area is 83.9 Å². The van der Waals surface area contributed by atoms with Crippen molar-refractivity contribution in [3.8, 4) is 0 Å². The van der Waals surface area contributed by atoms with Gasteiger partial charge >= 0.3 is 0 Å². The number of nitrogens with two attached hydrogens (primary N) is 1. The zero-order valence-corrected chi connectivity index (χ0v) is 7.84. The van der Waals surface area contributed by atoms with Gasteiger partial charge in [0.05, 0.1) is 11.4 Å². The minimum absolute atomic E-state index is 0.135. The lowest BCUT2D eigenvalue weighted by Crippen LogP contribution is -2.21. The topological polar surface area (TPSA) is 60.9 Å². The van der Waals surface area contributed by atoms with Crippen LogP contribution < -0.4 is 5.73 Å². The van der Waals surface area contributed by atoms with Crippen molar-refractivity contribution in [2.45, 2.75) is 26.6 Å². The molecule has 0 spiro atoms. The Morgan fingerprint density at radius 3 is 2.33 bits per heavy atom. The van der Waals surface area contributed by atoms with Gasteiger partial charge in [0.15, 0.2) is 0 Å². The van der Waals surface area contributed by atoms with Crippen molar-refractivity contribution >= 4 is 5.91 Å². The molecule has 0 bridgehead atoms. The van der Waals surface area contributed by atoms with E-state index in [2.05, 4.69) is 5.10 Å². The predicted octanol–water partition coefficient (Wildman–Crippen LogP) is 0.777. The van der Waals surface area contributed by atoms with Gasteiger partial charge in [-0.1, -0.05) is 0 Å². The number of halogens is 3. The molecule has 0 fully saturated rings. The monoisotopic (exact) mass is 221 g/mol. The van der Waals surface area contributed by atoms with Gasteiger partial charge in [-0.25, -0.2) is 13.2 Å². The van der Waals surface area contributed by atoms with Crippen molar-refractivity contribution in [1.82, 2.24) is 9.78 Å². The number of primary amides is 1. The molecular formula is C8H10F3N3O. The Morgan fingerprint density at radius 2 is 1.93 bits per heavy atom. The first kappa shape index (κ1) is 11.5. The first-order chi connectivity index (χ1) is 7.13. The summed E-state index contributed by atoms with van der Waals surface area (Å²) in [6.45, 7) is -3.42. The summed E-state index contributed by atoms with van der Waals surface area (Å²) in [7, 11) is 0. The van der Waals surface area contributed by atoms with Gasteiger partial charge < -0.3 is 5.73 Å². The van der Waals surface area contributed by atoms with Crippen LogP contribution in [0.1, 0.15) is 17.0 Å². The van der Waals surface area contributed by atoms with E-state index in [4.69, 9.17) is 5.73 Å². The largest absolute Gasteiger partial charge is 0.368 e. The van der Waals surface area contributed by atoms with E-state index in [1.54, 1.807) is 0 Å². The fourth-order valence-corrected chi connectivity index (χ4v) is 1.28. The molecule has 4 nitrogen and oxygen atoms in total. The number of alkyl halides is 3. The molecule has 7 heteroatoms. The van der Waals surface area contributed by atoms with Gasteiger partial charge in [-0.2, -0.15) is 5.10 Å². The maximum Gasteiger partial charge on any atom is 0.239 e. The molecule has 0 radical (unpaired) electrons. The van der Waals surface area contributed by atoms with Gasteiger partial charge in [0.2, 0.25) is 5.91 Å². The summed E-state index contributed by atoms with van der Waals surface area (Å²) in [6.07, 6.45) is 0. The lowest BCUT2D eigenvalue weighted by atomic mass is 10.2. The Hall–Kier alpha value is -1.53.